The summed E-state index contributed by atoms with van der Waals surface area (Å²) in [5.74, 6) is 0.0771. The Balaban J connectivity index is 1.33. The third kappa shape index (κ3) is 4.56. The molecular weight excluding hydrogens is 461 g/mol. The minimum atomic E-state index is -0.660. The Kier molecular flexibility index (Phi) is 6.33. The highest BCUT2D eigenvalue weighted by molar-refractivity contribution is 5.88. The van der Waals surface area contributed by atoms with Gasteiger partial charge in [-0.3, -0.25) is 9.88 Å². The topological polar surface area (TPSA) is 92.6 Å². The second-order valence-corrected chi connectivity index (χ2v) is 10.5. The molecule has 9 heteroatoms. The lowest BCUT2D eigenvalue weighted by Gasteiger charge is -2.47. The van der Waals surface area contributed by atoms with Crippen LogP contribution in [0.2, 0.25) is 0 Å². The van der Waals surface area contributed by atoms with Crippen LogP contribution in [0.4, 0.5) is 10.3 Å². The molecule has 2 N–H and O–H groups in total. The number of nitrogens with one attached hydrogen (secondary N) is 1. The van der Waals surface area contributed by atoms with Crippen molar-refractivity contribution in [3.63, 3.8) is 0 Å². The highest BCUT2D eigenvalue weighted by Crippen LogP contribution is 2.34. The summed E-state index contributed by atoms with van der Waals surface area (Å²) in [4.78, 5) is 15.8. The van der Waals surface area contributed by atoms with Gasteiger partial charge in [-0.05, 0) is 35.6 Å². The van der Waals surface area contributed by atoms with Crippen molar-refractivity contribution in [3.05, 3.63) is 47.5 Å². The summed E-state index contributed by atoms with van der Waals surface area (Å²) in [5.41, 5.74) is 4.22. The number of aromatic nitrogens is 3. The second-order valence-electron chi connectivity index (χ2n) is 10.5. The lowest BCUT2D eigenvalue weighted by Crippen LogP contribution is -2.56. The van der Waals surface area contributed by atoms with Crippen LogP contribution in [0.3, 0.4) is 0 Å². The van der Waals surface area contributed by atoms with Gasteiger partial charge < -0.3 is 19.9 Å². The van der Waals surface area contributed by atoms with Gasteiger partial charge in [-0.1, -0.05) is 19.9 Å². The second kappa shape index (κ2) is 9.63. The largest absolute Gasteiger partial charge is 0.389 e. The molecule has 8 nitrogen and oxygen atoms in total. The summed E-state index contributed by atoms with van der Waals surface area (Å²) in [7, 11) is 0. The number of halogens is 1. The zero-order valence-electron chi connectivity index (χ0n) is 20.7. The van der Waals surface area contributed by atoms with Gasteiger partial charge in [0.2, 0.25) is 5.95 Å². The smallest absolute Gasteiger partial charge is 0.223 e. The molecule has 6 heterocycles. The maximum absolute atomic E-state index is 14.9. The molecule has 0 saturated carbocycles. The fourth-order valence-electron chi connectivity index (χ4n) is 5.72. The van der Waals surface area contributed by atoms with Gasteiger partial charge >= 0.3 is 0 Å². The van der Waals surface area contributed by atoms with E-state index in [9.17, 15) is 9.50 Å². The van der Waals surface area contributed by atoms with Crippen molar-refractivity contribution in [3.8, 4) is 11.3 Å². The third-order valence-electron chi connectivity index (χ3n) is 7.46. The summed E-state index contributed by atoms with van der Waals surface area (Å²) >= 11 is 0. The van der Waals surface area contributed by atoms with Crippen molar-refractivity contribution >= 4 is 16.9 Å². The third-order valence-corrected chi connectivity index (χ3v) is 7.46. The van der Waals surface area contributed by atoms with Crippen LogP contribution in [-0.4, -0.2) is 75.6 Å². The average Bonchev–Trinajstić information content (AvgIpc) is 2.85. The predicted octanol–water partition coefficient (Wildman–Crippen LogP) is 3.49. The number of fused-ring (bicyclic) bond motifs is 3. The lowest BCUT2D eigenvalue weighted by molar-refractivity contribution is -0.182. The summed E-state index contributed by atoms with van der Waals surface area (Å²) < 4.78 is 26.0. The number of nitrogens with zero attached hydrogens (tertiary/aromatic N) is 4. The fraction of sp³-hybridized carbons (Fsp3) is 0.519. The number of aliphatic hydroxyl groups excluding tert-OH is 1. The number of aliphatic hydroxyl groups is 1. The van der Waals surface area contributed by atoms with Crippen molar-refractivity contribution in [2.75, 3.05) is 31.6 Å². The van der Waals surface area contributed by atoms with Crippen LogP contribution in [0.5, 0.6) is 0 Å². The molecule has 4 aliphatic rings. The quantitative estimate of drug-likeness (QED) is 0.539. The SMILES string of the molecule is CC(C)c1c(CN2CC3CC(C2)O3)cnc2ccc(-c3nc(N[C@@H]4CCOC[C@H]4O)ncc3F)cc12. The average molecular weight is 494 g/mol. The number of rotatable bonds is 6. The number of pyridine rings is 1. The first kappa shape index (κ1) is 23.7. The van der Waals surface area contributed by atoms with Crippen LogP contribution in [0.25, 0.3) is 22.2 Å². The minimum Gasteiger partial charge on any atom is -0.389 e. The van der Waals surface area contributed by atoms with E-state index in [1.807, 2.05) is 24.4 Å². The monoisotopic (exact) mass is 493 g/mol. The molecule has 2 unspecified atom stereocenters. The van der Waals surface area contributed by atoms with E-state index in [0.717, 1.165) is 30.5 Å². The van der Waals surface area contributed by atoms with Gasteiger partial charge in [0.25, 0.3) is 0 Å². The van der Waals surface area contributed by atoms with Gasteiger partial charge in [-0.15, -0.1) is 0 Å². The van der Waals surface area contributed by atoms with Crippen LogP contribution in [0, 0.1) is 5.82 Å². The van der Waals surface area contributed by atoms with E-state index in [4.69, 9.17) is 14.5 Å². The minimum absolute atomic E-state index is 0.226. The van der Waals surface area contributed by atoms with Crippen LogP contribution < -0.4 is 5.32 Å². The summed E-state index contributed by atoms with van der Waals surface area (Å²) in [6, 6.07) is 5.55. The first-order chi connectivity index (χ1) is 17.4. The van der Waals surface area contributed by atoms with Crippen molar-refractivity contribution in [2.24, 2.45) is 0 Å². The van der Waals surface area contributed by atoms with E-state index >= 15 is 0 Å². The number of ether oxygens (including phenoxy) is 2. The van der Waals surface area contributed by atoms with Crippen LogP contribution in [-0.2, 0) is 16.0 Å². The number of hydrogen-bond donors (Lipinski definition) is 2. The van der Waals surface area contributed by atoms with Gasteiger partial charge in [0.1, 0.15) is 5.69 Å². The Labute approximate surface area is 209 Å². The zero-order chi connectivity index (χ0) is 24.8. The van der Waals surface area contributed by atoms with Gasteiger partial charge in [-0.2, -0.15) is 0 Å². The Hall–Kier alpha value is -2.72. The van der Waals surface area contributed by atoms with E-state index in [1.165, 1.54) is 23.7 Å². The van der Waals surface area contributed by atoms with Gasteiger partial charge in [0.15, 0.2) is 5.82 Å². The molecule has 36 heavy (non-hydrogen) atoms. The number of morpholine rings is 1. The number of anilines is 1. The maximum Gasteiger partial charge on any atom is 0.223 e. The Morgan fingerprint density at radius 1 is 1.19 bits per heavy atom. The lowest BCUT2D eigenvalue weighted by atomic mass is 9.91. The first-order valence-electron chi connectivity index (χ1n) is 12.8. The van der Waals surface area contributed by atoms with Crippen molar-refractivity contribution in [1.82, 2.24) is 19.9 Å². The number of hydrogen-bond acceptors (Lipinski definition) is 8. The molecule has 0 aliphatic carbocycles. The van der Waals surface area contributed by atoms with Gasteiger partial charge in [-0.25, -0.2) is 14.4 Å². The zero-order valence-corrected chi connectivity index (χ0v) is 20.7. The molecule has 7 rings (SSSR count). The van der Waals surface area contributed by atoms with Crippen molar-refractivity contribution in [2.45, 2.75) is 63.5 Å². The molecule has 3 aromatic rings. The summed E-state index contributed by atoms with van der Waals surface area (Å²) in [6.45, 7) is 7.93. The Bertz CT molecular complexity index is 1260. The number of piperidine rings is 1. The molecule has 0 amide bonds. The van der Waals surface area contributed by atoms with Crippen LogP contribution in [0.15, 0.2) is 30.6 Å². The molecule has 1 aromatic carbocycles. The molecule has 4 saturated heterocycles. The Morgan fingerprint density at radius 3 is 2.75 bits per heavy atom. The Morgan fingerprint density at radius 2 is 2.00 bits per heavy atom. The molecular formula is C27H32FN5O3. The summed E-state index contributed by atoms with van der Waals surface area (Å²) in [6.07, 6.45) is 5.03. The summed E-state index contributed by atoms with van der Waals surface area (Å²) in [5, 5.41) is 14.4. The molecule has 4 fully saturated rings. The first-order valence-corrected chi connectivity index (χ1v) is 12.8. The predicted molar refractivity (Wildman–Crippen MR) is 134 cm³/mol. The van der Waals surface area contributed by atoms with E-state index in [-0.39, 0.29) is 24.3 Å². The van der Waals surface area contributed by atoms with Gasteiger partial charge in [0.05, 0.1) is 42.7 Å². The van der Waals surface area contributed by atoms with Crippen molar-refractivity contribution in [1.29, 1.82) is 0 Å². The molecule has 0 radical (unpaired) electrons. The molecule has 4 atom stereocenters. The number of benzene rings is 1. The van der Waals surface area contributed by atoms with Gasteiger partial charge in [0, 0.05) is 49.8 Å². The van der Waals surface area contributed by atoms with E-state index in [1.54, 1.807) is 0 Å². The standard InChI is InChI=1S/C27H32FN5O3/c1-15(2)25-17(11-33-12-18-8-19(13-33)36-18)9-29-22-4-3-16(7-20(22)25)26-21(28)10-30-27(32-26)31-23-5-6-35-14-24(23)34/h3-4,7,9-10,15,18-19,23-24,34H,5-6,8,11-14H2,1-2H3,(H,30,31,32)/t18?,19?,23-,24-/m1/s1. The highest BCUT2D eigenvalue weighted by Gasteiger charge is 2.38. The van der Waals surface area contributed by atoms with E-state index in [0.29, 0.717) is 36.7 Å². The van der Waals surface area contributed by atoms with E-state index < -0.39 is 11.9 Å². The molecule has 2 aromatic heterocycles. The van der Waals surface area contributed by atoms with Crippen LogP contribution >= 0.6 is 0 Å². The molecule has 0 spiro atoms. The maximum atomic E-state index is 14.9. The van der Waals surface area contributed by atoms with E-state index in [2.05, 4.69) is 34.0 Å². The normalized spacial score (nSPS) is 26.2. The molecule has 190 valence electrons. The van der Waals surface area contributed by atoms with Crippen molar-refractivity contribution < 1.29 is 19.0 Å². The fourth-order valence-corrected chi connectivity index (χ4v) is 5.72. The highest BCUT2D eigenvalue weighted by atomic mass is 19.1. The molecule has 2 bridgehead atoms. The van der Waals surface area contributed by atoms with Crippen LogP contribution in [0.1, 0.15) is 43.7 Å². The molecule has 4 aliphatic heterocycles.